The van der Waals surface area contributed by atoms with Crippen LogP contribution < -0.4 is 10.5 Å². The third kappa shape index (κ3) is 1.51. The predicted molar refractivity (Wildman–Crippen MR) is 40.0 cm³/mol. The Morgan fingerprint density at radius 3 is 3.10 bits per heavy atom. The number of nitrogen functional groups attached to an aromatic ring is 1. The fourth-order valence-corrected chi connectivity index (χ4v) is 0.701. The number of pyridine rings is 1. The van der Waals surface area contributed by atoms with E-state index in [1.165, 1.54) is 0 Å². The highest BCUT2D eigenvalue weighted by Crippen LogP contribution is 2.16. The van der Waals surface area contributed by atoms with E-state index >= 15 is 0 Å². The van der Waals surface area contributed by atoms with Gasteiger partial charge in [0.25, 0.3) is 0 Å². The lowest BCUT2D eigenvalue weighted by Gasteiger charge is -2.01. The van der Waals surface area contributed by atoms with Gasteiger partial charge >= 0.3 is 0 Å². The first-order valence-corrected chi connectivity index (χ1v) is 3.27. The fourth-order valence-electron chi connectivity index (χ4n) is 0.584. The maximum absolute atomic E-state index is 5.41. The molecule has 0 aliphatic carbocycles. The first kappa shape index (κ1) is 7.15. The van der Waals surface area contributed by atoms with Crippen molar-refractivity contribution in [3.05, 3.63) is 18.3 Å². The second-order valence-corrected chi connectivity index (χ2v) is 1.86. The molecule has 1 heterocycles. The third-order valence-electron chi connectivity index (χ3n) is 1.01. The van der Waals surface area contributed by atoms with Gasteiger partial charge < -0.3 is 10.5 Å². The quantitative estimate of drug-likeness (QED) is 0.659. The van der Waals surface area contributed by atoms with Gasteiger partial charge in [-0.3, -0.25) is 0 Å². The minimum Gasteiger partial charge on any atom is -0.474 e. The van der Waals surface area contributed by atoms with E-state index in [1.807, 2.05) is 0 Å². The normalized spacial score (nSPS) is 9.30. The molecule has 0 fully saturated rings. The zero-order chi connectivity index (χ0) is 7.40. The molecular weight excluding hydrogens is 152 g/mol. The zero-order valence-corrected chi connectivity index (χ0v) is 6.01. The lowest BCUT2D eigenvalue weighted by Crippen LogP contribution is -1.96. The number of hydrogen-bond acceptors (Lipinski definition) is 3. The molecule has 0 saturated carbocycles. The van der Waals surface area contributed by atoms with E-state index in [9.17, 15) is 0 Å². The Morgan fingerprint density at radius 1 is 1.70 bits per heavy atom. The number of nitrogens with zero attached hydrogens (tertiary/aromatic N) is 1. The van der Waals surface area contributed by atoms with E-state index < -0.39 is 0 Å². The minimum absolute atomic E-state index is 0.0931. The van der Waals surface area contributed by atoms with Crippen LogP contribution in [0, 0.1) is 0 Å². The maximum Gasteiger partial charge on any atom is 0.166 e. The highest BCUT2D eigenvalue weighted by Gasteiger charge is 1.96. The third-order valence-corrected chi connectivity index (χ3v) is 1.12. The van der Waals surface area contributed by atoms with Crippen LogP contribution in [0.25, 0.3) is 0 Å². The van der Waals surface area contributed by atoms with Crippen LogP contribution in [0.15, 0.2) is 18.3 Å². The predicted octanol–water partition coefficient (Wildman–Crippen LogP) is 1.24. The van der Waals surface area contributed by atoms with Gasteiger partial charge in [0.1, 0.15) is 0 Å². The Hall–Kier alpha value is -0.960. The van der Waals surface area contributed by atoms with Crippen LogP contribution >= 0.6 is 11.6 Å². The van der Waals surface area contributed by atoms with Gasteiger partial charge in [0.2, 0.25) is 0 Å². The SMILES string of the molecule is Nc1ncccc1OCCl. The average molecular weight is 159 g/mol. The molecule has 10 heavy (non-hydrogen) atoms. The largest absolute Gasteiger partial charge is 0.474 e. The second-order valence-electron chi connectivity index (χ2n) is 1.64. The van der Waals surface area contributed by atoms with Crippen molar-refractivity contribution in [2.75, 3.05) is 11.8 Å². The zero-order valence-electron chi connectivity index (χ0n) is 5.25. The van der Waals surface area contributed by atoms with Crippen LogP contribution in [0.4, 0.5) is 5.82 Å². The molecule has 3 nitrogen and oxygen atoms in total. The molecule has 0 spiro atoms. The molecule has 0 unspecified atom stereocenters. The van der Waals surface area contributed by atoms with Crippen molar-refractivity contribution in [1.82, 2.24) is 4.98 Å². The maximum atomic E-state index is 5.41. The van der Waals surface area contributed by atoms with Crippen molar-refractivity contribution in [3.63, 3.8) is 0 Å². The highest BCUT2D eigenvalue weighted by molar-refractivity contribution is 6.17. The summed E-state index contributed by atoms with van der Waals surface area (Å²) in [5.74, 6) is 0.889. The van der Waals surface area contributed by atoms with Gasteiger partial charge in [0.15, 0.2) is 17.6 Å². The van der Waals surface area contributed by atoms with Crippen molar-refractivity contribution in [2.24, 2.45) is 0 Å². The Morgan fingerprint density at radius 2 is 2.50 bits per heavy atom. The van der Waals surface area contributed by atoms with Crippen LogP contribution in [0.2, 0.25) is 0 Å². The van der Waals surface area contributed by atoms with Gasteiger partial charge in [-0.2, -0.15) is 0 Å². The van der Waals surface area contributed by atoms with E-state index in [4.69, 9.17) is 22.1 Å². The number of alkyl halides is 1. The molecule has 0 aliphatic rings. The van der Waals surface area contributed by atoms with Gasteiger partial charge in [-0.25, -0.2) is 4.98 Å². The van der Waals surface area contributed by atoms with Crippen molar-refractivity contribution >= 4 is 17.4 Å². The summed E-state index contributed by atoms with van der Waals surface area (Å²) in [4.78, 5) is 3.79. The molecule has 0 bridgehead atoms. The lowest BCUT2D eigenvalue weighted by atomic mass is 10.4. The Kier molecular flexibility index (Phi) is 2.34. The van der Waals surface area contributed by atoms with Gasteiger partial charge in [-0.05, 0) is 12.1 Å². The molecule has 0 saturated heterocycles. The van der Waals surface area contributed by atoms with E-state index in [0.29, 0.717) is 11.6 Å². The number of aromatic nitrogens is 1. The van der Waals surface area contributed by atoms with Gasteiger partial charge in [0.05, 0.1) is 0 Å². The van der Waals surface area contributed by atoms with Gasteiger partial charge in [-0.1, -0.05) is 11.6 Å². The minimum atomic E-state index is 0.0931. The summed E-state index contributed by atoms with van der Waals surface area (Å²) in [7, 11) is 0. The van der Waals surface area contributed by atoms with Gasteiger partial charge in [-0.15, -0.1) is 0 Å². The number of halogens is 1. The molecule has 54 valence electrons. The molecule has 0 radical (unpaired) electrons. The van der Waals surface area contributed by atoms with Gasteiger partial charge in [0, 0.05) is 6.20 Å². The second kappa shape index (κ2) is 3.27. The number of ether oxygens (including phenoxy) is 1. The number of rotatable bonds is 2. The highest BCUT2D eigenvalue weighted by atomic mass is 35.5. The van der Waals surface area contributed by atoms with Crippen LogP contribution in [-0.4, -0.2) is 11.1 Å². The summed E-state index contributed by atoms with van der Waals surface area (Å²) >= 11 is 5.30. The Bertz CT molecular complexity index is 217. The summed E-state index contributed by atoms with van der Waals surface area (Å²) in [6.07, 6.45) is 1.59. The van der Waals surface area contributed by atoms with Crippen LogP contribution in [0.5, 0.6) is 5.75 Å². The molecule has 1 aromatic rings. The molecule has 0 aromatic carbocycles. The monoisotopic (exact) mass is 158 g/mol. The van der Waals surface area contributed by atoms with Crippen molar-refractivity contribution in [1.29, 1.82) is 0 Å². The van der Waals surface area contributed by atoms with Crippen molar-refractivity contribution in [2.45, 2.75) is 0 Å². The van der Waals surface area contributed by atoms with Crippen LogP contribution in [0.3, 0.4) is 0 Å². The fraction of sp³-hybridized carbons (Fsp3) is 0.167. The Labute approximate surface area is 63.8 Å². The molecule has 0 atom stereocenters. The molecule has 1 aromatic heterocycles. The summed E-state index contributed by atoms with van der Waals surface area (Å²) in [6.45, 7) is 0. The average Bonchev–Trinajstić information content (AvgIpc) is 1.94. The number of nitrogens with two attached hydrogens (primary N) is 1. The summed E-state index contributed by atoms with van der Waals surface area (Å²) < 4.78 is 4.91. The van der Waals surface area contributed by atoms with Crippen molar-refractivity contribution in [3.8, 4) is 5.75 Å². The van der Waals surface area contributed by atoms with Crippen molar-refractivity contribution < 1.29 is 4.74 Å². The lowest BCUT2D eigenvalue weighted by molar-refractivity contribution is 0.388. The first-order chi connectivity index (χ1) is 4.84. The summed E-state index contributed by atoms with van der Waals surface area (Å²) in [6, 6.07) is 3.54. The molecule has 0 amide bonds. The smallest absolute Gasteiger partial charge is 0.166 e. The van der Waals surface area contributed by atoms with E-state index in [1.54, 1.807) is 18.3 Å². The number of anilines is 1. The molecule has 1 rings (SSSR count). The van der Waals surface area contributed by atoms with E-state index in [0.717, 1.165) is 0 Å². The Balaban J connectivity index is 2.81. The van der Waals surface area contributed by atoms with E-state index in [2.05, 4.69) is 4.98 Å². The van der Waals surface area contributed by atoms with E-state index in [-0.39, 0.29) is 6.07 Å². The molecule has 4 heteroatoms. The standard InChI is InChI=1S/C6H7ClN2O/c7-4-10-5-2-1-3-9-6(5)8/h1-3H,4H2,(H2,8,9). The number of hydrogen-bond donors (Lipinski definition) is 1. The summed E-state index contributed by atoms with van der Waals surface area (Å²) in [5.41, 5.74) is 5.41. The van der Waals surface area contributed by atoms with Crippen LogP contribution in [0.1, 0.15) is 0 Å². The molecule has 0 aliphatic heterocycles. The molecular formula is C6H7ClN2O. The first-order valence-electron chi connectivity index (χ1n) is 2.74. The molecule has 2 N–H and O–H groups in total. The van der Waals surface area contributed by atoms with Crippen LogP contribution in [-0.2, 0) is 0 Å². The topological polar surface area (TPSA) is 48.1 Å². The summed E-state index contributed by atoms with van der Waals surface area (Å²) in [5, 5.41) is 0.